The summed E-state index contributed by atoms with van der Waals surface area (Å²) in [5.74, 6) is 0.156. The van der Waals surface area contributed by atoms with Crippen molar-refractivity contribution in [2.75, 3.05) is 13.1 Å². The molecule has 1 aromatic carbocycles. The molecule has 24 heavy (non-hydrogen) atoms. The van der Waals surface area contributed by atoms with Gasteiger partial charge in [0.15, 0.2) is 0 Å². The van der Waals surface area contributed by atoms with E-state index in [1.165, 1.54) is 0 Å². The second kappa shape index (κ2) is 7.62. The van der Waals surface area contributed by atoms with Crippen molar-refractivity contribution < 1.29 is 9.59 Å². The van der Waals surface area contributed by atoms with Gasteiger partial charge in [-0.1, -0.05) is 23.8 Å². The Kier molecular flexibility index (Phi) is 5.30. The normalized spacial score (nSPS) is 15.3. The summed E-state index contributed by atoms with van der Waals surface area (Å²) in [5.41, 5.74) is 1.78. The van der Waals surface area contributed by atoms with Crippen LogP contribution in [0.5, 0.6) is 0 Å². The first-order chi connectivity index (χ1) is 11.6. The van der Waals surface area contributed by atoms with Crippen molar-refractivity contribution in [3.63, 3.8) is 0 Å². The number of nitrogens with one attached hydrogen (secondary N) is 1. The zero-order chi connectivity index (χ0) is 16.9. The summed E-state index contributed by atoms with van der Waals surface area (Å²) in [5, 5.41) is 5.09. The van der Waals surface area contributed by atoms with Crippen LogP contribution >= 0.6 is 11.3 Å². The number of carbonyl (C=O) groups excluding carboxylic acids is 2. The van der Waals surface area contributed by atoms with Crippen LogP contribution in [-0.4, -0.2) is 35.8 Å². The van der Waals surface area contributed by atoms with Gasteiger partial charge in [0.05, 0.1) is 6.42 Å². The summed E-state index contributed by atoms with van der Waals surface area (Å²) >= 11 is 1.62. The molecule has 0 radical (unpaired) electrons. The first kappa shape index (κ1) is 16.7. The predicted molar refractivity (Wildman–Crippen MR) is 96.3 cm³/mol. The van der Waals surface area contributed by atoms with Gasteiger partial charge in [0, 0.05) is 29.6 Å². The third-order valence-corrected chi connectivity index (χ3v) is 5.25. The molecule has 1 N–H and O–H groups in total. The van der Waals surface area contributed by atoms with Crippen LogP contribution in [-0.2, 0) is 11.2 Å². The van der Waals surface area contributed by atoms with Crippen molar-refractivity contribution in [3.8, 4) is 0 Å². The molecule has 1 aromatic heterocycles. The van der Waals surface area contributed by atoms with Gasteiger partial charge in [0.25, 0.3) is 5.91 Å². The van der Waals surface area contributed by atoms with Gasteiger partial charge >= 0.3 is 0 Å². The van der Waals surface area contributed by atoms with Crippen molar-refractivity contribution in [2.24, 2.45) is 0 Å². The molecule has 1 saturated heterocycles. The Bertz CT molecular complexity index is 704. The van der Waals surface area contributed by atoms with Crippen LogP contribution < -0.4 is 5.32 Å². The molecule has 2 heterocycles. The van der Waals surface area contributed by atoms with Gasteiger partial charge in [0.2, 0.25) is 5.91 Å². The van der Waals surface area contributed by atoms with Crippen molar-refractivity contribution in [3.05, 3.63) is 57.8 Å². The van der Waals surface area contributed by atoms with E-state index in [-0.39, 0.29) is 17.9 Å². The number of carbonyl (C=O) groups is 2. The highest BCUT2D eigenvalue weighted by molar-refractivity contribution is 7.10. The first-order valence-corrected chi connectivity index (χ1v) is 9.17. The number of nitrogens with zero attached hydrogens (tertiary/aromatic N) is 1. The fraction of sp³-hybridized carbons (Fsp3) is 0.368. The van der Waals surface area contributed by atoms with Gasteiger partial charge in [-0.3, -0.25) is 9.59 Å². The van der Waals surface area contributed by atoms with E-state index in [2.05, 4.69) is 5.32 Å². The zero-order valence-corrected chi connectivity index (χ0v) is 14.6. The largest absolute Gasteiger partial charge is 0.349 e. The van der Waals surface area contributed by atoms with E-state index in [1.807, 2.05) is 53.6 Å². The van der Waals surface area contributed by atoms with Gasteiger partial charge in [-0.05, 0) is 43.3 Å². The first-order valence-electron chi connectivity index (χ1n) is 8.29. The Labute approximate surface area is 146 Å². The zero-order valence-electron chi connectivity index (χ0n) is 13.8. The second-order valence-corrected chi connectivity index (χ2v) is 7.29. The maximum Gasteiger partial charge on any atom is 0.251 e. The standard InChI is InChI=1S/C19H22N2O2S/c1-14-4-2-5-15(12-14)19(23)20-16-7-9-21(10-8-16)18(22)13-17-6-3-11-24-17/h2-6,11-12,16H,7-10,13H2,1H3,(H,20,23). The molecule has 1 aliphatic heterocycles. The Morgan fingerprint density at radius 3 is 2.67 bits per heavy atom. The number of benzene rings is 1. The minimum Gasteiger partial charge on any atom is -0.349 e. The van der Waals surface area contributed by atoms with Crippen molar-refractivity contribution in [2.45, 2.75) is 32.2 Å². The number of hydrogen-bond acceptors (Lipinski definition) is 3. The van der Waals surface area contributed by atoms with Crippen molar-refractivity contribution in [1.29, 1.82) is 0 Å². The van der Waals surface area contributed by atoms with Gasteiger partial charge in [-0.25, -0.2) is 0 Å². The smallest absolute Gasteiger partial charge is 0.251 e. The SMILES string of the molecule is Cc1cccc(C(=O)NC2CCN(C(=O)Cc3cccs3)CC2)c1. The highest BCUT2D eigenvalue weighted by Gasteiger charge is 2.24. The summed E-state index contributed by atoms with van der Waals surface area (Å²) in [6, 6.07) is 11.7. The summed E-state index contributed by atoms with van der Waals surface area (Å²) in [7, 11) is 0. The van der Waals surface area contributed by atoms with Crippen LogP contribution in [0.15, 0.2) is 41.8 Å². The summed E-state index contributed by atoms with van der Waals surface area (Å²) < 4.78 is 0. The molecule has 0 aliphatic carbocycles. The van der Waals surface area contributed by atoms with Crippen molar-refractivity contribution >= 4 is 23.2 Å². The number of thiophene rings is 1. The minimum atomic E-state index is -0.0259. The van der Waals surface area contributed by atoms with E-state index in [0.717, 1.165) is 23.3 Å². The monoisotopic (exact) mass is 342 g/mol. The maximum absolute atomic E-state index is 12.3. The van der Waals surface area contributed by atoms with Crippen LogP contribution in [0.1, 0.15) is 33.6 Å². The van der Waals surface area contributed by atoms with E-state index in [4.69, 9.17) is 0 Å². The summed E-state index contributed by atoms with van der Waals surface area (Å²) in [6.07, 6.45) is 2.11. The molecule has 3 rings (SSSR count). The quantitative estimate of drug-likeness (QED) is 0.928. The number of hydrogen-bond donors (Lipinski definition) is 1. The Balaban J connectivity index is 1.48. The lowest BCUT2D eigenvalue weighted by Crippen LogP contribution is -2.46. The molecule has 126 valence electrons. The number of aryl methyl sites for hydroxylation is 1. The average Bonchev–Trinajstić information content (AvgIpc) is 3.08. The van der Waals surface area contributed by atoms with E-state index >= 15 is 0 Å². The minimum absolute atomic E-state index is 0.0259. The number of likely N-dealkylation sites (tertiary alicyclic amines) is 1. The lowest BCUT2D eigenvalue weighted by Gasteiger charge is -2.32. The predicted octanol–water partition coefficient (Wildman–Crippen LogP) is 3.02. The Morgan fingerprint density at radius 2 is 2.00 bits per heavy atom. The van der Waals surface area contributed by atoms with E-state index < -0.39 is 0 Å². The fourth-order valence-corrected chi connectivity index (χ4v) is 3.70. The molecular weight excluding hydrogens is 320 g/mol. The molecule has 0 atom stereocenters. The summed E-state index contributed by atoms with van der Waals surface area (Å²) in [4.78, 5) is 27.6. The topological polar surface area (TPSA) is 49.4 Å². The lowest BCUT2D eigenvalue weighted by molar-refractivity contribution is -0.131. The number of amides is 2. The van der Waals surface area contributed by atoms with Crippen LogP contribution in [0.2, 0.25) is 0 Å². The molecule has 0 saturated carbocycles. The average molecular weight is 342 g/mol. The van der Waals surface area contributed by atoms with Crippen molar-refractivity contribution in [1.82, 2.24) is 10.2 Å². The van der Waals surface area contributed by atoms with E-state index in [0.29, 0.717) is 25.1 Å². The number of rotatable bonds is 4. The maximum atomic E-state index is 12.3. The number of piperidine rings is 1. The molecular formula is C19H22N2O2S. The van der Waals surface area contributed by atoms with Crippen LogP contribution in [0.3, 0.4) is 0 Å². The van der Waals surface area contributed by atoms with Crippen LogP contribution in [0, 0.1) is 6.92 Å². The van der Waals surface area contributed by atoms with Gasteiger partial charge in [-0.15, -0.1) is 11.3 Å². The second-order valence-electron chi connectivity index (χ2n) is 6.25. The third-order valence-electron chi connectivity index (χ3n) is 4.37. The third kappa shape index (κ3) is 4.23. The fourth-order valence-electron chi connectivity index (χ4n) is 3.00. The lowest BCUT2D eigenvalue weighted by atomic mass is 10.0. The Morgan fingerprint density at radius 1 is 1.21 bits per heavy atom. The van der Waals surface area contributed by atoms with E-state index in [9.17, 15) is 9.59 Å². The summed E-state index contributed by atoms with van der Waals surface area (Å²) in [6.45, 7) is 3.40. The molecule has 4 nitrogen and oxygen atoms in total. The highest BCUT2D eigenvalue weighted by Crippen LogP contribution is 2.15. The molecule has 0 spiro atoms. The van der Waals surface area contributed by atoms with Crippen LogP contribution in [0.25, 0.3) is 0 Å². The highest BCUT2D eigenvalue weighted by atomic mass is 32.1. The van der Waals surface area contributed by atoms with Gasteiger partial charge < -0.3 is 10.2 Å². The molecule has 2 aromatic rings. The Hall–Kier alpha value is -2.14. The molecule has 0 bridgehead atoms. The molecule has 2 amide bonds. The molecule has 0 unspecified atom stereocenters. The molecule has 1 aliphatic rings. The van der Waals surface area contributed by atoms with Crippen LogP contribution in [0.4, 0.5) is 0 Å². The molecule has 5 heteroatoms. The van der Waals surface area contributed by atoms with E-state index in [1.54, 1.807) is 11.3 Å². The molecule has 1 fully saturated rings. The van der Waals surface area contributed by atoms with Gasteiger partial charge in [0.1, 0.15) is 0 Å². The van der Waals surface area contributed by atoms with Gasteiger partial charge in [-0.2, -0.15) is 0 Å².